The summed E-state index contributed by atoms with van der Waals surface area (Å²) in [6, 6.07) is 13.7. The molecular weight excluding hydrogens is 422 g/mol. The maximum atomic E-state index is 12.6. The highest BCUT2D eigenvalue weighted by Crippen LogP contribution is 2.20. The Morgan fingerprint density at radius 2 is 1.69 bits per heavy atom. The first-order chi connectivity index (χ1) is 15.4. The minimum Gasteiger partial charge on any atom is -0.325 e. The summed E-state index contributed by atoms with van der Waals surface area (Å²) in [6.07, 6.45) is 0.959. The van der Waals surface area contributed by atoms with Gasteiger partial charge in [0.25, 0.3) is 0 Å². The third-order valence-corrected chi connectivity index (χ3v) is 5.91. The van der Waals surface area contributed by atoms with Crippen molar-refractivity contribution in [1.82, 2.24) is 14.8 Å². The molecule has 0 bridgehead atoms. The van der Waals surface area contributed by atoms with Crippen molar-refractivity contribution >= 4 is 35.0 Å². The number of carbonyl (C=O) groups excluding carboxylic acids is 2. The molecule has 3 aromatic rings. The number of hydrogen-bond acceptors (Lipinski definition) is 5. The molecule has 0 atom stereocenters. The van der Waals surface area contributed by atoms with E-state index >= 15 is 0 Å². The molecule has 0 saturated carbocycles. The lowest BCUT2D eigenvalue weighted by Gasteiger charge is -2.11. The second-order valence-electron chi connectivity index (χ2n) is 7.59. The number of carbonyl (C=O) groups is 2. The fourth-order valence-corrected chi connectivity index (χ4v) is 4.36. The summed E-state index contributed by atoms with van der Waals surface area (Å²) in [5.74, 6) is 0.538. The van der Waals surface area contributed by atoms with Gasteiger partial charge in [0.15, 0.2) is 5.16 Å². The topological polar surface area (TPSA) is 88.9 Å². The van der Waals surface area contributed by atoms with Gasteiger partial charge in [-0.2, -0.15) is 0 Å². The summed E-state index contributed by atoms with van der Waals surface area (Å²) in [6.45, 7) is 8.64. The van der Waals surface area contributed by atoms with E-state index < -0.39 is 0 Å². The Bertz CT molecular complexity index is 1090. The molecule has 168 valence electrons. The van der Waals surface area contributed by atoms with Crippen molar-refractivity contribution in [2.75, 3.05) is 16.4 Å². The van der Waals surface area contributed by atoms with Crippen molar-refractivity contribution in [3.05, 3.63) is 65.0 Å². The Labute approximate surface area is 193 Å². The molecule has 7 nitrogen and oxygen atoms in total. The Morgan fingerprint density at radius 1 is 0.969 bits per heavy atom. The SMILES string of the molecule is CCc1ccccc1NC(=O)Cc1nnc(SCC(=O)Nc2cc(C)cc(C)c2)n1CC. The van der Waals surface area contributed by atoms with E-state index in [-0.39, 0.29) is 24.0 Å². The van der Waals surface area contributed by atoms with Gasteiger partial charge in [0, 0.05) is 17.9 Å². The lowest BCUT2D eigenvalue weighted by molar-refractivity contribution is -0.116. The fraction of sp³-hybridized carbons (Fsp3) is 0.333. The van der Waals surface area contributed by atoms with Gasteiger partial charge in [-0.15, -0.1) is 10.2 Å². The summed E-state index contributed by atoms with van der Waals surface area (Å²) in [5, 5.41) is 14.9. The van der Waals surface area contributed by atoms with Crippen molar-refractivity contribution in [1.29, 1.82) is 0 Å². The van der Waals surface area contributed by atoms with Crippen molar-refractivity contribution in [3.8, 4) is 0 Å². The summed E-state index contributed by atoms with van der Waals surface area (Å²) < 4.78 is 1.88. The number of aryl methyl sites for hydroxylation is 3. The average molecular weight is 452 g/mol. The molecule has 0 unspecified atom stereocenters. The zero-order valence-corrected chi connectivity index (χ0v) is 19.8. The van der Waals surface area contributed by atoms with Gasteiger partial charge in [-0.1, -0.05) is 43.0 Å². The summed E-state index contributed by atoms with van der Waals surface area (Å²) in [7, 11) is 0. The standard InChI is InChI=1S/C24H29N5O2S/c1-5-18-9-7-8-10-20(18)26-22(30)14-21-27-28-24(29(21)6-2)32-15-23(31)25-19-12-16(3)11-17(4)13-19/h7-13H,5-6,14-15H2,1-4H3,(H,25,31)(H,26,30). The summed E-state index contributed by atoms with van der Waals surface area (Å²) in [5.41, 5.74) is 4.89. The number of nitrogens with one attached hydrogen (secondary N) is 2. The Kier molecular flexibility index (Phi) is 8.05. The molecule has 0 aliphatic rings. The molecule has 0 spiro atoms. The van der Waals surface area contributed by atoms with Crippen LogP contribution in [0, 0.1) is 13.8 Å². The fourth-order valence-electron chi connectivity index (χ4n) is 3.54. The van der Waals surface area contributed by atoms with Crippen molar-refractivity contribution in [2.45, 2.75) is 52.2 Å². The Balaban J connectivity index is 1.60. The number of benzene rings is 2. The highest BCUT2D eigenvalue weighted by Gasteiger charge is 2.16. The van der Waals surface area contributed by atoms with E-state index in [4.69, 9.17) is 0 Å². The Morgan fingerprint density at radius 3 is 2.38 bits per heavy atom. The van der Waals surface area contributed by atoms with Gasteiger partial charge < -0.3 is 15.2 Å². The monoisotopic (exact) mass is 451 g/mol. The second kappa shape index (κ2) is 10.9. The number of para-hydroxylation sites is 1. The average Bonchev–Trinajstić information content (AvgIpc) is 3.13. The number of aromatic nitrogens is 3. The molecule has 3 rings (SSSR count). The van der Waals surface area contributed by atoms with Crippen LogP contribution in [0.2, 0.25) is 0 Å². The first-order valence-electron chi connectivity index (χ1n) is 10.7. The predicted octanol–water partition coefficient (Wildman–Crippen LogP) is 4.39. The molecule has 0 radical (unpaired) electrons. The smallest absolute Gasteiger partial charge is 0.234 e. The van der Waals surface area contributed by atoms with Crippen molar-refractivity contribution in [2.24, 2.45) is 0 Å². The van der Waals surface area contributed by atoms with Crippen molar-refractivity contribution < 1.29 is 9.59 Å². The third kappa shape index (κ3) is 6.20. The molecule has 8 heteroatoms. The van der Waals surface area contributed by atoms with Crippen LogP contribution in [0.3, 0.4) is 0 Å². The zero-order chi connectivity index (χ0) is 23.1. The van der Waals surface area contributed by atoms with Crippen LogP contribution >= 0.6 is 11.8 Å². The van der Waals surface area contributed by atoms with Gasteiger partial charge in [0.1, 0.15) is 5.82 Å². The number of thioether (sulfide) groups is 1. The minimum atomic E-state index is -0.142. The lowest BCUT2D eigenvalue weighted by Crippen LogP contribution is -2.18. The van der Waals surface area contributed by atoms with Gasteiger partial charge in [-0.25, -0.2) is 0 Å². The van der Waals surface area contributed by atoms with E-state index in [9.17, 15) is 9.59 Å². The molecule has 1 aromatic heterocycles. The number of hydrogen-bond donors (Lipinski definition) is 2. The summed E-state index contributed by atoms with van der Waals surface area (Å²) >= 11 is 1.31. The lowest BCUT2D eigenvalue weighted by atomic mass is 10.1. The third-order valence-electron chi connectivity index (χ3n) is 4.94. The molecule has 1 heterocycles. The van der Waals surface area contributed by atoms with Crippen LogP contribution in [-0.4, -0.2) is 32.3 Å². The largest absolute Gasteiger partial charge is 0.325 e. The number of rotatable bonds is 9. The molecule has 32 heavy (non-hydrogen) atoms. The molecule has 0 fully saturated rings. The maximum absolute atomic E-state index is 12.6. The van der Waals surface area contributed by atoms with E-state index in [1.54, 1.807) is 0 Å². The van der Waals surface area contributed by atoms with Crippen LogP contribution in [0.4, 0.5) is 11.4 Å². The summed E-state index contributed by atoms with van der Waals surface area (Å²) in [4.78, 5) is 25.0. The van der Waals surface area contributed by atoms with Crippen LogP contribution < -0.4 is 10.6 Å². The van der Waals surface area contributed by atoms with E-state index in [2.05, 4.69) is 33.8 Å². The first kappa shape index (κ1) is 23.5. The van der Waals surface area contributed by atoms with Gasteiger partial charge in [-0.3, -0.25) is 9.59 Å². The van der Waals surface area contributed by atoms with Crippen LogP contribution in [-0.2, 0) is 29.0 Å². The first-order valence-corrected chi connectivity index (χ1v) is 11.7. The van der Waals surface area contributed by atoms with E-state index in [1.165, 1.54) is 11.8 Å². The second-order valence-corrected chi connectivity index (χ2v) is 8.53. The van der Waals surface area contributed by atoms with E-state index in [0.717, 1.165) is 34.5 Å². The van der Waals surface area contributed by atoms with E-state index in [0.29, 0.717) is 17.5 Å². The highest BCUT2D eigenvalue weighted by molar-refractivity contribution is 7.99. The molecule has 0 saturated heterocycles. The predicted molar refractivity (Wildman–Crippen MR) is 129 cm³/mol. The molecular formula is C24H29N5O2S. The quantitative estimate of drug-likeness (QED) is 0.471. The van der Waals surface area contributed by atoms with Crippen molar-refractivity contribution in [3.63, 3.8) is 0 Å². The molecule has 2 N–H and O–H groups in total. The number of nitrogens with zero attached hydrogens (tertiary/aromatic N) is 3. The molecule has 0 aliphatic carbocycles. The normalized spacial score (nSPS) is 10.8. The zero-order valence-electron chi connectivity index (χ0n) is 18.9. The van der Waals surface area contributed by atoms with Gasteiger partial charge >= 0.3 is 0 Å². The Hall–Kier alpha value is -3.13. The maximum Gasteiger partial charge on any atom is 0.234 e. The molecule has 2 amide bonds. The molecule has 0 aliphatic heterocycles. The molecule has 2 aromatic carbocycles. The number of anilines is 2. The highest BCUT2D eigenvalue weighted by atomic mass is 32.2. The van der Waals surface area contributed by atoms with Gasteiger partial charge in [-0.05, 0) is 62.1 Å². The van der Waals surface area contributed by atoms with Crippen LogP contribution in [0.1, 0.15) is 36.4 Å². The van der Waals surface area contributed by atoms with Crippen LogP contribution in [0.25, 0.3) is 0 Å². The van der Waals surface area contributed by atoms with Crippen LogP contribution in [0.5, 0.6) is 0 Å². The van der Waals surface area contributed by atoms with Gasteiger partial charge in [0.05, 0.1) is 12.2 Å². The minimum absolute atomic E-state index is 0.110. The van der Waals surface area contributed by atoms with Gasteiger partial charge in [0.2, 0.25) is 11.8 Å². The number of amides is 2. The van der Waals surface area contributed by atoms with Crippen LogP contribution in [0.15, 0.2) is 47.6 Å². The van der Waals surface area contributed by atoms with E-state index in [1.807, 2.05) is 61.7 Å².